The van der Waals surface area contributed by atoms with Gasteiger partial charge in [0, 0.05) is 6.54 Å². The van der Waals surface area contributed by atoms with E-state index in [-0.39, 0.29) is 10.6 Å². The lowest BCUT2D eigenvalue weighted by Crippen LogP contribution is -2.40. The molecule has 0 aliphatic carbocycles. The van der Waals surface area contributed by atoms with Crippen molar-refractivity contribution in [2.75, 3.05) is 6.54 Å². The summed E-state index contributed by atoms with van der Waals surface area (Å²) in [4.78, 5) is 24.4. The van der Waals surface area contributed by atoms with Gasteiger partial charge in [-0.25, -0.2) is 9.18 Å². The number of carbonyl (C=O) groups excluding carboxylic acids is 1. The van der Waals surface area contributed by atoms with Crippen molar-refractivity contribution in [3.63, 3.8) is 0 Å². The Morgan fingerprint density at radius 1 is 1.44 bits per heavy atom. The number of carboxylic acids is 1. The third kappa shape index (κ3) is 2.18. The lowest BCUT2D eigenvalue weighted by atomic mass is 10.1. The van der Waals surface area contributed by atoms with E-state index in [9.17, 15) is 14.0 Å². The van der Waals surface area contributed by atoms with Gasteiger partial charge in [0.05, 0.1) is 10.6 Å². The molecule has 0 radical (unpaired) electrons. The maximum atomic E-state index is 13.3. The van der Waals surface area contributed by atoms with Crippen LogP contribution < -0.4 is 0 Å². The Morgan fingerprint density at radius 2 is 2.17 bits per heavy atom. The topological polar surface area (TPSA) is 57.6 Å². The van der Waals surface area contributed by atoms with Crippen molar-refractivity contribution in [1.29, 1.82) is 0 Å². The van der Waals surface area contributed by atoms with Crippen LogP contribution in [0.2, 0.25) is 5.02 Å². The Balaban J connectivity index is 2.31. The minimum atomic E-state index is -1.05. The zero-order valence-corrected chi connectivity index (χ0v) is 10.2. The highest BCUT2D eigenvalue weighted by Crippen LogP contribution is 2.25. The SMILES string of the molecule is O=C(O)[C@H]1CCCN1C(=O)c1cccc(F)c1Cl. The van der Waals surface area contributed by atoms with Gasteiger partial charge in [-0.15, -0.1) is 0 Å². The molecule has 1 fully saturated rings. The van der Waals surface area contributed by atoms with Gasteiger partial charge >= 0.3 is 5.97 Å². The monoisotopic (exact) mass is 271 g/mol. The van der Waals surface area contributed by atoms with Crippen molar-refractivity contribution >= 4 is 23.5 Å². The number of hydrogen-bond donors (Lipinski definition) is 1. The predicted molar refractivity (Wildman–Crippen MR) is 63.1 cm³/mol. The van der Waals surface area contributed by atoms with Gasteiger partial charge in [-0.2, -0.15) is 0 Å². The Hall–Kier alpha value is -1.62. The van der Waals surface area contributed by atoms with E-state index in [4.69, 9.17) is 16.7 Å². The van der Waals surface area contributed by atoms with E-state index in [0.717, 1.165) is 6.07 Å². The Labute approximate surface area is 108 Å². The predicted octanol–water partition coefficient (Wildman–Crippen LogP) is 2.17. The van der Waals surface area contributed by atoms with Crippen molar-refractivity contribution in [2.45, 2.75) is 18.9 Å². The highest BCUT2D eigenvalue weighted by Gasteiger charge is 2.35. The number of likely N-dealkylation sites (tertiary alicyclic amines) is 1. The van der Waals surface area contributed by atoms with Crippen LogP contribution in [0.5, 0.6) is 0 Å². The van der Waals surface area contributed by atoms with E-state index in [1.807, 2.05) is 0 Å². The zero-order chi connectivity index (χ0) is 13.3. The molecular formula is C12H11ClFNO3. The molecular weight excluding hydrogens is 261 g/mol. The van der Waals surface area contributed by atoms with Crippen molar-refractivity contribution < 1.29 is 19.1 Å². The van der Waals surface area contributed by atoms with Gasteiger partial charge in [0.25, 0.3) is 5.91 Å². The summed E-state index contributed by atoms with van der Waals surface area (Å²) < 4.78 is 13.3. The van der Waals surface area contributed by atoms with E-state index >= 15 is 0 Å². The van der Waals surface area contributed by atoms with Gasteiger partial charge in [-0.3, -0.25) is 4.79 Å². The second-order valence-corrected chi connectivity index (χ2v) is 4.47. The standard InChI is InChI=1S/C12H11ClFNO3/c13-10-7(3-1-4-8(10)14)11(16)15-6-2-5-9(15)12(17)18/h1,3-4,9H,2,5-6H2,(H,17,18)/t9-/m1/s1. The molecule has 0 bridgehead atoms. The minimum Gasteiger partial charge on any atom is -0.480 e. The third-order valence-corrected chi connectivity index (χ3v) is 3.36. The molecule has 0 saturated carbocycles. The fourth-order valence-corrected chi connectivity index (χ4v) is 2.30. The molecule has 2 rings (SSSR count). The highest BCUT2D eigenvalue weighted by atomic mass is 35.5. The van der Waals surface area contributed by atoms with Gasteiger partial charge in [0.2, 0.25) is 0 Å². The highest BCUT2D eigenvalue weighted by molar-refractivity contribution is 6.34. The minimum absolute atomic E-state index is 0.00446. The fraction of sp³-hybridized carbons (Fsp3) is 0.333. The average molecular weight is 272 g/mol. The normalized spacial score (nSPS) is 19.0. The molecule has 0 unspecified atom stereocenters. The summed E-state index contributed by atoms with van der Waals surface area (Å²) in [5, 5.41) is 8.74. The van der Waals surface area contributed by atoms with Crippen LogP contribution in [0.3, 0.4) is 0 Å². The summed E-state index contributed by atoms with van der Waals surface area (Å²) in [5.74, 6) is -2.27. The first-order valence-electron chi connectivity index (χ1n) is 5.50. The molecule has 18 heavy (non-hydrogen) atoms. The third-order valence-electron chi connectivity index (χ3n) is 2.98. The Morgan fingerprint density at radius 3 is 2.83 bits per heavy atom. The molecule has 0 aromatic heterocycles. The number of halogens is 2. The summed E-state index contributed by atoms with van der Waals surface area (Å²) in [7, 11) is 0. The Bertz CT molecular complexity index is 506. The first-order chi connectivity index (χ1) is 8.52. The van der Waals surface area contributed by atoms with Crippen LogP contribution in [-0.2, 0) is 4.79 Å². The molecule has 1 saturated heterocycles. The average Bonchev–Trinajstić information content (AvgIpc) is 2.81. The van der Waals surface area contributed by atoms with Gasteiger partial charge in [0.15, 0.2) is 0 Å². The van der Waals surface area contributed by atoms with Crippen LogP contribution in [0, 0.1) is 5.82 Å². The summed E-state index contributed by atoms with van der Waals surface area (Å²) >= 11 is 5.72. The molecule has 6 heteroatoms. The van der Waals surface area contributed by atoms with E-state index in [1.54, 1.807) is 0 Å². The molecule has 1 heterocycles. The molecule has 1 N–H and O–H groups in total. The number of rotatable bonds is 2. The molecule has 1 atom stereocenters. The second-order valence-electron chi connectivity index (χ2n) is 4.10. The maximum Gasteiger partial charge on any atom is 0.326 e. The molecule has 1 aliphatic rings. The van der Waals surface area contributed by atoms with Crippen molar-refractivity contribution in [1.82, 2.24) is 4.90 Å². The number of aliphatic carboxylic acids is 1. The van der Waals surface area contributed by atoms with Crippen LogP contribution in [0.15, 0.2) is 18.2 Å². The summed E-state index contributed by atoms with van der Waals surface area (Å²) in [6.45, 7) is 0.350. The quantitative estimate of drug-likeness (QED) is 0.897. The summed E-state index contributed by atoms with van der Waals surface area (Å²) in [5.41, 5.74) is 0.00446. The van der Waals surface area contributed by atoms with Gasteiger partial charge in [0.1, 0.15) is 11.9 Å². The largest absolute Gasteiger partial charge is 0.480 e. The zero-order valence-electron chi connectivity index (χ0n) is 9.40. The number of nitrogens with zero attached hydrogens (tertiary/aromatic N) is 1. The molecule has 1 amide bonds. The first kappa shape index (κ1) is 12.8. The molecule has 1 aliphatic heterocycles. The first-order valence-corrected chi connectivity index (χ1v) is 5.88. The van der Waals surface area contributed by atoms with Crippen LogP contribution in [0.4, 0.5) is 4.39 Å². The molecule has 1 aromatic rings. The smallest absolute Gasteiger partial charge is 0.326 e. The Kier molecular flexibility index (Phi) is 3.52. The van der Waals surface area contributed by atoms with Crippen molar-refractivity contribution in [2.24, 2.45) is 0 Å². The molecule has 0 spiro atoms. The molecule has 1 aromatic carbocycles. The van der Waals surface area contributed by atoms with E-state index in [2.05, 4.69) is 0 Å². The van der Waals surface area contributed by atoms with Crippen LogP contribution in [-0.4, -0.2) is 34.5 Å². The summed E-state index contributed by atoms with van der Waals surface area (Å²) in [6, 6.07) is 3.07. The van der Waals surface area contributed by atoms with E-state index in [1.165, 1.54) is 17.0 Å². The molecule has 96 valence electrons. The number of carboxylic acid groups (broad SMARTS) is 1. The molecule has 4 nitrogen and oxygen atoms in total. The van der Waals surface area contributed by atoms with Gasteiger partial charge < -0.3 is 10.0 Å². The fourth-order valence-electron chi connectivity index (χ4n) is 2.09. The van der Waals surface area contributed by atoms with Crippen LogP contribution in [0.1, 0.15) is 23.2 Å². The number of amides is 1. The second kappa shape index (κ2) is 4.94. The van der Waals surface area contributed by atoms with Gasteiger partial charge in [-0.1, -0.05) is 17.7 Å². The van der Waals surface area contributed by atoms with Crippen molar-refractivity contribution in [3.05, 3.63) is 34.6 Å². The van der Waals surface area contributed by atoms with Gasteiger partial charge in [-0.05, 0) is 25.0 Å². The van der Waals surface area contributed by atoms with Crippen molar-refractivity contribution in [3.8, 4) is 0 Å². The van der Waals surface area contributed by atoms with E-state index < -0.39 is 23.7 Å². The van der Waals surface area contributed by atoms with E-state index in [0.29, 0.717) is 19.4 Å². The lowest BCUT2D eigenvalue weighted by Gasteiger charge is -2.21. The maximum absolute atomic E-state index is 13.3. The number of hydrogen-bond acceptors (Lipinski definition) is 2. The van der Waals surface area contributed by atoms with Crippen LogP contribution in [0.25, 0.3) is 0 Å². The van der Waals surface area contributed by atoms with Crippen LogP contribution >= 0.6 is 11.6 Å². The number of benzene rings is 1. The lowest BCUT2D eigenvalue weighted by molar-refractivity contribution is -0.141. The number of carbonyl (C=O) groups is 2. The summed E-state index contributed by atoms with van der Waals surface area (Å²) in [6.07, 6.45) is 1.03.